The molecule has 6 nitrogen and oxygen atoms in total. The van der Waals surface area contributed by atoms with Crippen LogP contribution < -0.4 is 17.0 Å². The first-order valence-electron chi connectivity index (χ1n) is 6.39. The Morgan fingerprint density at radius 2 is 1.89 bits per heavy atom. The van der Waals surface area contributed by atoms with Gasteiger partial charge >= 0.3 is 5.69 Å². The number of nitrogens with one attached hydrogen (secondary N) is 3. The number of nitrogens with two attached hydrogens (primary N) is 1. The number of rotatable bonds is 2. The van der Waals surface area contributed by atoms with Crippen LogP contribution in [0.5, 0.6) is 0 Å². The molecule has 1 heterocycles. The van der Waals surface area contributed by atoms with E-state index in [2.05, 4.69) is 15.4 Å². The van der Waals surface area contributed by atoms with E-state index in [0.717, 1.165) is 42.3 Å². The molecule has 1 aromatic carbocycles. The molecule has 6 heteroatoms. The summed E-state index contributed by atoms with van der Waals surface area (Å²) in [6, 6.07) is 5.59. The monoisotopic (exact) mass is 260 g/mol. The maximum absolute atomic E-state index is 12.2. The molecule has 0 bridgehead atoms. The van der Waals surface area contributed by atoms with Gasteiger partial charge in [-0.15, -0.1) is 0 Å². The van der Waals surface area contributed by atoms with Gasteiger partial charge in [-0.25, -0.2) is 10.6 Å². The quantitative estimate of drug-likeness (QED) is 0.362. The minimum atomic E-state index is -0.558. The van der Waals surface area contributed by atoms with Crippen molar-refractivity contribution in [3.05, 3.63) is 34.2 Å². The second-order valence-corrected chi connectivity index (χ2v) is 5.10. The number of hydrogen-bond donors (Lipinski definition) is 4. The lowest BCUT2D eigenvalue weighted by Gasteiger charge is -2.27. The number of hydrazine groups is 1. The van der Waals surface area contributed by atoms with Crippen LogP contribution in [0.25, 0.3) is 11.0 Å². The van der Waals surface area contributed by atoms with Crippen molar-refractivity contribution in [2.24, 2.45) is 5.84 Å². The molecule has 2 aromatic rings. The number of H-pyrrole nitrogens is 2. The first-order chi connectivity index (χ1) is 9.15. The number of benzene rings is 1. The smallest absolute Gasteiger partial charge is 0.306 e. The zero-order valence-corrected chi connectivity index (χ0v) is 10.5. The van der Waals surface area contributed by atoms with Crippen LogP contribution >= 0.6 is 0 Å². The molecule has 19 heavy (non-hydrogen) atoms. The van der Waals surface area contributed by atoms with Gasteiger partial charge in [-0.2, -0.15) is 0 Å². The fourth-order valence-electron chi connectivity index (χ4n) is 3.09. The number of carbonyl (C=O) groups excluding carboxylic acids is 1. The molecular weight excluding hydrogens is 244 g/mol. The first kappa shape index (κ1) is 12.0. The van der Waals surface area contributed by atoms with Gasteiger partial charge in [-0.1, -0.05) is 18.9 Å². The maximum atomic E-state index is 12.2. The van der Waals surface area contributed by atoms with E-state index in [1.54, 1.807) is 0 Å². The molecule has 0 atom stereocenters. The van der Waals surface area contributed by atoms with E-state index in [0.29, 0.717) is 0 Å². The SMILES string of the molecule is NNC(=O)C1(c2ccc3[nH]c(=O)[nH]c3c2)CCCC1. The summed E-state index contributed by atoms with van der Waals surface area (Å²) < 4.78 is 0. The van der Waals surface area contributed by atoms with Crippen molar-refractivity contribution < 1.29 is 4.79 Å². The van der Waals surface area contributed by atoms with Gasteiger partial charge in [0.1, 0.15) is 0 Å². The Morgan fingerprint density at radius 1 is 1.21 bits per heavy atom. The topological polar surface area (TPSA) is 104 Å². The minimum absolute atomic E-state index is 0.151. The fourth-order valence-corrected chi connectivity index (χ4v) is 3.09. The Bertz CT molecular complexity index is 679. The minimum Gasteiger partial charge on any atom is -0.306 e. The molecule has 0 saturated heterocycles. The summed E-state index contributed by atoms with van der Waals surface area (Å²) in [5, 5.41) is 0. The summed E-state index contributed by atoms with van der Waals surface area (Å²) >= 11 is 0. The summed E-state index contributed by atoms with van der Waals surface area (Å²) in [6.07, 6.45) is 3.59. The highest BCUT2D eigenvalue weighted by Gasteiger charge is 2.42. The number of aromatic amines is 2. The van der Waals surface area contributed by atoms with Crippen LogP contribution in [-0.2, 0) is 10.2 Å². The van der Waals surface area contributed by atoms with Gasteiger partial charge in [-0.05, 0) is 30.5 Å². The predicted octanol–water partition coefficient (Wildman–Crippen LogP) is 0.658. The number of fused-ring (bicyclic) bond motifs is 1. The van der Waals surface area contributed by atoms with Crippen molar-refractivity contribution in [2.45, 2.75) is 31.1 Å². The molecule has 0 aliphatic heterocycles. The lowest BCUT2D eigenvalue weighted by Crippen LogP contribution is -2.45. The Hall–Kier alpha value is -2.08. The molecular formula is C13H16N4O2. The number of imidazole rings is 1. The predicted molar refractivity (Wildman–Crippen MR) is 71.4 cm³/mol. The first-order valence-corrected chi connectivity index (χ1v) is 6.39. The highest BCUT2D eigenvalue weighted by atomic mass is 16.2. The van der Waals surface area contributed by atoms with Gasteiger partial charge in [0.15, 0.2) is 0 Å². The normalized spacial score (nSPS) is 17.7. The second kappa shape index (κ2) is 4.24. The third kappa shape index (κ3) is 1.76. The molecule has 1 aliphatic rings. The van der Waals surface area contributed by atoms with E-state index in [1.165, 1.54) is 0 Å². The van der Waals surface area contributed by atoms with Gasteiger partial charge in [0.05, 0.1) is 16.4 Å². The molecule has 1 aliphatic carbocycles. The van der Waals surface area contributed by atoms with Crippen molar-refractivity contribution in [3.63, 3.8) is 0 Å². The fraction of sp³-hybridized carbons (Fsp3) is 0.385. The van der Waals surface area contributed by atoms with E-state index in [1.807, 2.05) is 18.2 Å². The van der Waals surface area contributed by atoms with Gasteiger partial charge in [-0.3, -0.25) is 10.2 Å². The molecule has 0 radical (unpaired) electrons. The highest BCUT2D eigenvalue weighted by Crippen LogP contribution is 2.41. The standard InChI is InChI=1S/C13H16N4O2/c14-17-11(18)13(5-1-2-6-13)8-3-4-9-10(7-8)16-12(19)15-9/h3-4,7H,1-2,5-6,14H2,(H,17,18)(H2,15,16,19). The molecule has 100 valence electrons. The molecule has 0 spiro atoms. The van der Waals surface area contributed by atoms with Gasteiger partial charge in [0, 0.05) is 0 Å². The molecule has 1 aromatic heterocycles. The number of aromatic nitrogens is 2. The summed E-state index contributed by atoms with van der Waals surface area (Å²) in [5.74, 6) is 5.18. The largest absolute Gasteiger partial charge is 0.323 e. The van der Waals surface area contributed by atoms with Crippen LogP contribution in [0.2, 0.25) is 0 Å². The third-order valence-corrected chi connectivity index (χ3v) is 4.09. The van der Waals surface area contributed by atoms with E-state index < -0.39 is 5.41 Å². The Balaban J connectivity index is 2.14. The van der Waals surface area contributed by atoms with Crippen LogP contribution in [-0.4, -0.2) is 15.9 Å². The zero-order chi connectivity index (χ0) is 13.5. The van der Waals surface area contributed by atoms with Crippen LogP contribution in [0.15, 0.2) is 23.0 Å². The van der Waals surface area contributed by atoms with Crippen LogP contribution in [0, 0.1) is 0 Å². The molecule has 1 fully saturated rings. The summed E-state index contributed by atoms with van der Waals surface area (Å²) in [7, 11) is 0. The number of amides is 1. The maximum Gasteiger partial charge on any atom is 0.323 e. The van der Waals surface area contributed by atoms with Crippen LogP contribution in [0.1, 0.15) is 31.2 Å². The van der Waals surface area contributed by atoms with Crippen molar-refractivity contribution in [1.29, 1.82) is 0 Å². The Morgan fingerprint density at radius 3 is 2.58 bits per heavy atom. The van der Waals surface area contributed by atoms with Crippen molar-refractivity contribution in [3.8, 4) is 0 Å². The summed E-state index contributed by atoms with van der Waals surface area (Å²) in [5.41, 5.74) is 3.86. The lowest BCUT2D eigenvalue weighted by atomic mass is 9.78. The molecule has 1 saturated carbocycles. The van der Waals surface area contributed by atoms with Crippen molar-refractivity contribution in [1.82, 2.24) is 15.4 Å². The van der Waals surface area contributed by atoms with E-state index >= 15 is 0 Å². The molecule has 0 unspecified atom stereocenters. The summed E-state index contributed by atoms with van der Waals surface area (Å²) in [6.45, 7) is 0. The van der Waals surface area contributed by atoms with E-state index in [9.17, 15) is 9.59 Å². The van der Waals surface area contributed by atoms with Crippen LogP contribution in [0.3, 0.4) is 0 Å². The van der Waals surface area contributed by atoms with E-state index in [4.69, 9.17) is 5.84 Å². The number of carbonyl (C=O) groups is 1. The molecule has 3 rings (SSSR count). The lowest BCUT2D eigenvalue weighted by molar-refractivity contribution is -0.126. The average Bonchev–Trinajstić information content (AvgIpc) is 3.02. The zero-order valence-electron chi connectivity index (χ0n) is 10.5. The van der Waals surface area contributed by atoms with Crippen molar-refractivity contribution >= 4 is 16.9 Å². The Labute approximate surface area is 109 Å². The number of hydrogen-bond acceptors (Lipinski definition) is 3. The van der Waals surface area contributed by atoms with Gasteiger partial charge < -0.3 is 9.97 Å². The van der Waals surface area contributed by atoms with Crippen LogP contribution in [0.4, 0.5) is 0 Å². The van der Waals surface area contributed by atoms with Gasteiger partial charge in [0.2, 0.25) is 5.91 Å². The average molecular weight is 260 g/mol. The van der Waals surface area contributed by atoms with Gasteiger partial charge in [0.25, 0.3) is 0 Å². The van der Waals surface area contributed by atoms with Crippen molar-refractivity contribution in [2.75, 3.05) is 0 Å². The Kier molecular flexibility index (Phi) is 2.67. The molecule has 1 amide bonds. The highest BCUT2D eigenvalue weighted by molar-refractivity contribution is 5.89. The summed E-state index contributed by atoms with van der Waals surface area (Å²) in [4.78, 5) is 28.9. The van der Waals surface area contributed by atoms with E-state index in [-0.39, 0.29) is 11.6 Å². The molecule has 5 N–H and O–H groups in total. The third-order valence-electron chi connectivity index (χ3n) is 4.09. The second-order valence-electron chi connectivity index (χ2n) is 5.10.